The Bertz CT molecular complexity index is 965. The number of nitrogens with one attached hydrogen (secondary N) is 1. The summed E-state index contributed by atoms with van der Waals surface area (Å²) in [6, 6.07) is 12.5. The summed E-state index contributed by atoms with van der Waals surface area (Å²) in [7, 11) is 1.87. The number of hydrogen-bond acceptors (Lipinski definition) is 2. The van der Waals surface area contributed by atoms with Crippen molar-refractivity contribution in [3.05, 3.63) is 47.5 Å². The zero-order valence-corrected chi connectivity index (χ0v) is 15.2. The van der Waals surface area contributed by atoms with E-state index in [2.05, 4.69) is 56.1 Å². The lowest BCUT2D eigenvalue weighted by atomic mass is 9.77. The van der Waals surface area contributed by atoms with Crippen LogP contribution in [0.3, 0.4) is 0 Å². The molecule has 0 aliphatic carbocycles. The van der Waals surface area contributed by atoms with Crippen LogP contribution in [0.1, 0.15) is 37.8 Å². The Balaban J connectivity index is 1.90. The predicted octanol–water partition coefficient (Wildman–Crippen LogP) is 4.57. The minimum Gasteiger partial charge on any atom is -0.338 e. The topological polar surface area (TPSA) is 49.0 Å². The van der Waals surface area contributed by atoms with Gasteiger partial charge < -0.3 is 9.88 Å². The molecule has 0 fully saturated rings. The van der Waals surface area contributed by atoms with Crippen molar-refractivity contribution in [1.82, 2.24) is 9.97 Å². The van der Waals surface area contributed by atoms with Gasteiger partial charge >= 0.3 is 0 Å². The number of amides is 1. The molecule has 1 N–H and O–H groups in total. The first kappa shape index (κ1) is 15.9. The number of H-pyrrole nitrogens is 1. The highest BCUT2D eigenvalue weighted by atomic mass is 16.2. The third kappa shape index (κ3) is 2.13. The molecule has 3 aromatic rings. The molecule has 25 heavy (non-hydrogen) atoms. The molecule has 1 aliphatic heterocycles. The molecular weight excluding hydrogens is 310 g/mol. The Labute approximate surface area is 147 Å². The summed E-state index contributed by atoms with van der Waals surface area (Å²) < 4.78 is 0. The molecule has 0 spiro atoms. The maximum Gasteiger partial charge on any atom is 0.237 e. The number of imidazole rings is 1. The van der Waals surface area contributed by atoms with Crippen LogP contribution in [0.2, 0.25) is 0 Å². The summed E-state index contributed by atoms with van der Waals surface area (Å²) in [5, 5.41) is 0. The first-order valence-corrected chi connectivity index (χ1v) is 8.89. The van der Waals surface area contributed by atoms with Gasteiger partial charge in [-0.15, -0.1) is 0 Å². The monoisotopic (exact) mass is 333 g/mol. The average molecular weight is 333 g/mol. The van der Waals surface area contributed by atoms with Gasteiger partial charge in [-0.25, -0.2) is 4.98 Å². The van der Waals surface area contributed by atoms with Crippen molar-refractivity contribution >= 4 is 22.6 Å². The van der Waals surface area contributed by atoms with Gasteiger partial charge in [0.05, 0.1) is 16.4 Å². The van der Waals surface area contributed by atoms with E-state index in [9.17, 15) is 4.79 Å². The first-order valence-electron chi connectivity index (χ1n) is 8.89. The summed E-state index contributed by atoms with van der Waals surface area (Å²) >= 11 is 0. The number of carbonyl (C=O) groups is 1. The number of rotatable bonds is 3. The molecule has 2 aromatic carbocycles. The van der Waals surface area contributed by atoms with E-state index in [1.165, 1.54) is 5.56 Å². The van der Waals surface area contributed by atoms with Crippen LogP contribution in [-0.4, -0.2) is 22.9 Å². The van der Waals surface area contributed by atoms with E-state index in [0.717, 1.165) is 46.5 Å². The van der Waals surface area contributed by atoms with E-state index in [4.69, 9.17) is 4.98 Å². The van der Waals surface area contributed by atoms with E-state index in [1.54, 1.807) is 4.90 Å². The van der Waals surface area contributed by atoms with Crippen LogP contribution in [0, 0.1) is 6.92 Å². The maximum absolute atomic E-state index is 12.9. The third-order valence-electron chi connectivity index (χ3n) is 5.72. The number of carbonyl (C=O) groups excluding carboxylic acids is 1. The molecule has 1 aromatic heterocycles. The SMILES string of the molecule is CCC1(CC)C(=O)N(C)c2cc3nc(-c4ccc(C)cc4)[nH]c3cc21. The van der Waals surface area contributed by atoms with Crippen LogP contribution in [0.25, 0.3) is 22.4 Å². The van der Waals surface area contributed by atoms with Gasteiger partial charge in [-0.2, -0.15) is 0 Å². The van der Waals surface area contributed by atoms with E-state index in [1.807, 2.05) is 13.1 Å². The van der Waals surface area contributed by atoms with Gasteiger partial charge in [-0.05, 0) is 37.5 Å². The summed E-state index contributed by atoms with van der Waals surface area (Å²) in [6.07, 6.45) is 1.62. The highest BCUT2D eigenvalue weighted by molar-refractivity contribution is 6.09. The fourth-order valence-electron chi connectivity index (χ4n) is 4.03. The fourth-order valence-corrected chi connectivity index (χ4v) is 4.03. The van der Waals surface area contributed by atoms with Crippen molar-refractivity contribution in [1.29, 1.82) is 0 Å². The molecule has 1 aliphatic rings. The van der Waals surface area contributed by atoms with Gasteiger partial charge in [0.25, 0.3) is 0 Å². The maximum atomic E-state index is 12.9. The number of fused-ring (bicyclic) bond motifs is 2. The lowest BCUT2D eigenvalue weighted by molar-refractivity contribution is -0.123. The summed E-state index contributed by atoms with van der Waals surface area (Å²) in [4.78, 5) is 22.8. The lowest BCUT2D eigenvalue weighted by Crippen LogP contribution is -2.37. The fraction of sp³-hybridized carbons (Fsp3) is 0.333. The Hall–Kier alpha value is -2.62. The molecule has 4 nitrogen and oxygen atoms in total. The van der Waals surface area contributed by atoms with Crippen LogP contribution >= 0.6 is 0 Å². The van der Waals surface area contributed by atoms with Crippen LogP contribution in [0.4, 0.5) is 5.69 Å². The molecule has 0 bridgehead atoms. The molecule has 0 atom stereocenters. The van der Waals surface area contributed by atoms with Crippen molar-refractivity contribution in [3.63, 3.8) is 0 Å². The average Bonchev–Trinajstić information content (AvgIpc) is 3.13. The van der Waals surface area contributed by atoms with Crippen LogP contribution < -0.4 is 4.90 Å². The van der Waals surface area contributed by atoms with Crippen LogP contribution in [0.15, 0.2) is 36.4 Å². The molecule has 0 unspecified atom stereocenters. The van der Waals surface area contributed by atoms with Gasteiger partial charge in [0.15, 0.2) is 0 Å². The van der Waals surface area contributed by atoms with Gasteiger partial charge in [0, 0.05) is 18.3 Å². The zero-order chi connectivity index (χ0) is 17.8. The zero-order valence-electron chi connectivity index (χ0n) is 15.2. The van der Waals surface area contributed by atoms with E-state index in [-0.39, 0.29) is 5.91 Å². The highest BCUT2D eigenvalue weighted by Gasteiger charge is 2.47. The number of benzene rings is 2. The molecule has 2 heterocycles. The quantitative estimate of drug-likeness (QED) is 0.763. The minimum absolute atomic E-state index is 0.193. The van der Waals surface area contributed by atoms with Crippen molar-refractivity contribution in [2.75, 3.05) is 11.9 Å². The van der Waals surface area contributed by atoms with Crippen molar-refractivity contribution in [2.45, 2.75) is 39.0 Å². The number of likely N-dealkylation sites (N-methyl/N-ethyl adjacent to an activating group) is 1. The number of aromatic amines is 1. The second-order valence-electron chi connectivity index (χ2n) is 6.99. The summed E-state index contributed by atoms with van der Waals surface area (Å²) in [6.45, 7) is 6.27. The van der Waals surface area contributed by atoms with Gasteiger partial charge in [0.1, 0.15) is 5.82 Å². The van der Waals surface area contributed by atoms with Crippen LogP contribution in [0.5, 0.6) is 0 Å². The van der Waals surface area contributed by atoms with E-state index >= 15 is 0 Å². The molecular formula is C21H23N3O. The lowest BCUT2D eigenvalue weighted by Gasteiger charge is -2.24. The molecule has 0 radical (unpaired) electrons. The molecule has 128 valence electrons. The standard InChI is InChI=1S/C21H23N3O/c1-5-21(6-2)15-11-16-17(12-18(15)24(4)20(21)25)23-19(22-16)14-9-7-13(3)8-10-14/h7-12H,5-6H2,1-4H3,(H,22,23). The Morgan fingerprint density at radius 1 is 1.12 bits per heavy atom. The van der Waals surface area contributed by atoms with Gasteiger partial charge in [0.2, 0.25) is 5.91 Å². The number of aryl methyl sites for hydroxylation is 1. The Morgan fingerprint density at radius 2 is 1.80 bits per heavy atom. The number of aromatic nitrogens is 2. The Kier molecular flexibility index (Phi) is 3.46. The highest BCUT2D eigenvalue weighted by Crippen LogP contribution is 2.46. The predicted molar refractivity (Wildman–Crippen MR) is 102 cm³/mol. The van der Waals surface area contributed by atoms with E-state index in [0.29, 0.717) is 0 Å². The molecule has 4 rings (SSSR count). The molecule has 0 saturated carbocycles. The normalized spacial score (nSPS) is 15.8. The smallest absolute Gasteiger partial charge is 0.237 e. The Morgan fingerprint density at radius 3 is 2.44 bits per heavy atom. The van der Waals surface area contributed by atoms with Gasteiger partial charge in [-0.3, -0.25) is 4.79 Å². The van der Waals surface area contributed by atoms with Crippen molar-refractivity contribution in [3.8, 4) is 11.4 Å². The molecule has 4 heteroatoms. The van der Waals surface area contributed by atoms with Crippen molar-refractivity contribution in [2.24, 2.45) is 0 Å². The molecule has 1 amide bonds. The summed E-state index contributed by atoms with van der Waals surface area (Å²) in [5.74, 6) is 1.06. The largest absolute Gasteiger partial charge is 0.338 e. The van der Waals surface area contributed by atoms with Crippen LogP contribution in [-0.2, 0) is 10.2 Å². The number of anilines is 1. The minimum atomic E-state index is -0.409. The summed E-state index contributed by atoms with van der Waals surface area (Å²) in [5.41, 5.74) is 5.90. The second kappa shape index (κ2) is 5.45. The van der Waals surface area contributed by atoms with E-state index < -0.39 is 5.41 Å². The number of nitrogens with zero attached hydrogens (tertiary/aromatic N) is 2. The van der Waals surface area contributed by atoms with Crippen molar-refractivity contribution < 1.29 is 4.79 Å². The first-order chi connectivity index (χ1) is 12.0. The second-order valence-corrected chi connectivity index (χ2v) is 6.99. The third-order valence-corrected chi connectivity index (χ3v) is 5.72. The van der Waals surface area contributed by atoms with Gasteiger partial charge in [-0.1, -0.05) is 43.7 Å². The number of hydrogen-bond donors (Lipinski definition) is 1. The molecule has 0 saturated heterocycles.